The summed E-state index contributed by atoms with van der Waals surface area (Å²) >= 11 is 0. The first kappa shape index (κ1) is 19.0. The molecule has 0 saturated carbocycles. The zero-order chi connectivity index (χ0) is 16.2. The molecule has 0 aromatic rings. The first-order chi connectivity index (χ1) is 10.6. The van der Waals surface area contributed by atoms with Crippen LogP contribution >= 0.6 is 0 Å². The minimum Gasteiger partial charge on any atom is -0.394 e. The van der Waals surface area contributed by atoms with Gasteiger partial charge in [-0.15, -0.1) is 0 Å². The summed E-state index contributed by atoms with van der Waals surface area (Å²) < 4.78 is 0. The number of aliphatic hydroxyl groups excluding tert-OH is 2. The largest absolute Gasteiger partial charge is 0.394 e. The lowest BCUT2D eigenvalue weighted by Crippen LogP contribution is -2.45. The van der Waals surface area contributed by atoms with Crippen LogP contribution in [0.15, 0.2) is 4.99 Å². The van der Waals surface area contributed by atoms with Crippen LogP contribution in [-0.4, -0.2) is 111 Å². The van der Waals surface area contributed by atoms with Gasteiger partial charge in [0.2, 0.25) is 5.91 Å². The second kappa shape index (κ2) is 11.5. The molecule has 4 N–H and O–H groups in total. The number of aliphatic hydroxyl groups is 2. The molecule has 128 valence electrons. The standard InChI is InChI=1S/C14H29N5O3/c1-18(10-13(21)12-20)14(22)11-19-8-6-16-4-2-15-3-5-17-7-9-19/h4,13,15,17,20-21H,2-3,5-12H2,1H3. The van der Waals surface area contributed by atoms with Gasteiger partial charge in [0.25, 0.3) is 0 Å². The third kappa shape index (κ3) is 8.40. The average molecular weight is 315 g/mol. The van der Waals surface area contributed by atoms with Gasteiger partial charge in [0.1, 0.15) is 0 Å². The van der Waals surface area contributed by atoms with E-state index >= 15 is 0 Å². The van der Waals surface area contributed by atoms with E-state index in [9.17, 15) is 9.90 Å². The Morgan fingerprint density at radius 2 is 2.14 bits per heavy atom. The molecule has 1 aliphatic heterocycles. The molecular formula is C14H29N5O3. The van der Waals surface area contributed by atoms with E-state index in [1.165, 1.54) is 4.90 Å². The molecule has 1 atom stereocenters. The van der Waals surface area contributed by atoms with Crippen molar-refractivity contribution < 1.29 is 15.0 Å². The van der Waals surface area contributed by atoms with Crippen molar-refractivity contribution >= 4 is 12.1 Å². The highest BCUT2D eigenvalue weighted by molar-refractivity contribution is 5.78. The Labute approximate surface area is 132 Å². The number of carbonyl (C=O) groups is 1. The molecule has 1 unspecified atom stereocenters. The van der Waals surface area contributed by atoms with E-state index in [2.05, 4.69) is 20.5 Å². The molecule has 8 heteroatoms. The maximum atomic E-state index is 12.2. The fraction of sp³-hybridized carbons (Fsp3) is 0.857. The number of hydrogen-bond acceptors (Lipinski definition) is 7. The average Bonchev–Trinajstić information content (AvgIpc) is 2.49. The maximum Gasteiger partial charge on any atom is 0.236 e. The van der Waals surface area contributed by atoms with E-state index in [0.29, 0.717) is 13.1 Å². The van der Waals surface area contributed by atoms with E-state index in [4.69, 9.17) is 5.11 Å². The van der Waals surface area contributed by atoms with Gasteiger partial charge in [-0.3, -0.25) is 14.7 Å². The summed E-state index contributed by atoms with van der Waals surface area (Å²) in [5.41, 5.74) is 0. The predicted octanol–water partition coefficient (Wildman–Crippen LogP) is -2.64. The molecule has 1 amide bonds. The third-order valence-electron chi connectivity index (χ3n) is 3.47. The summed E-state index contributed by atoms with van der Waals surface area (Å²) in [5, 5.41) is 24.8. The van der Waals surface area contributed by atoms with Gasteiger partial charge in [0.05, 0.1) is 25.8 Å². The van der Waals surface area contributed by atoms with Gasteiger partial charge in [0, 0.05) is 59.1 Å². The topological polar surface area (TPSA) is 100 Å². The molecule has 0 radical (unpaired) electrons. The number of likely N-dealkylation sites (N-methyl/N-ethyl adjacent to an activating group) is 1. The minimum absolute atomic E-state index is 0.0646. The van der Waals surface area contributed by atoms with E-state index in [1.54, 1.807) is 7.05 Å². The molecule has 1 rings (SSSR count). The van der Waals surface area contributed by atoms with Gasteiger partial charge < -0.3 is 25.7 Å². The molecule has 1 heterocycles. The van der Waals surface area contributed by atoms with Crippen molar-refractivity contribution in [3.8, 4) is 0 Å². The van der Waals surface area contributed by atoms with Crippen LogP contribution in [0.25, 0.3) is 0 Å². The lowest BCUT2D eigenvalue weighted by atomic mass is 10.3. The molecule has 0 fully saturated rings. The Morgan fingerprint density at radius 1 is 1.36 bits per heavy atom. The van der Waals surface area contributed by atoms with Crippen molar-refractivity contribution in [2.75, 3.05) is 72.6 Å². The van der Waals surface area contributed by atoms with Crippen LogP contribution < -0.4 is 10.6 Å². The van der Waals surface area contributed by atoms with Gasteiger partial charge in [0.15, 0.2) is 0 Å². The van der Waals surface area contributed by atoms with Crippen LogP contribution in [-0.2, 0) is 4.79 Å². The summed E-state index contributed by atoms with van der Waals surface area (Å²) in [7, 11) is 1.64. The van der Waals surface area contributed by atoms with Crippen LogP contribution in [0.5, 0.6) is 0 Å². The Bertz CT molecular complexity index is 340. The predicted molar refractivity (Wildman–Crippen MR) is 86.3 cm³/mol. The van der Waals surface area contributed by atoms with Gasteiger partial charge in [-0.25, -0.2) is 0 Å². The zero-order valence-corrected chi connectivity index (χ0v) is 13.4. The van der Waals surface area contributed by atoms with Crippen LogP contribution in [0.1, 0.15) is 0 Å². The first-order valence-electron chi connectivity index (χ1n) is 7.78. The van der Waals surface area contributed by atoms with Crippen LogP contribution in [0.4, 0.5) is 0 Å². The monoisotopic (exact) mass is 315 g/mol. The molecule has 0 spiro atoms. The van der Waals surface area contributed by atoms with Crippen LogP contribution in [0, 0.1) is 0 Å². The number of aliphatic imine (C=N–C) groups is 1. The molecule has 1 aliphatic rings. The fourth-order valence-corrected chi connectivity index (χ4v) is 2.12. The van der Waals surface area contributed by atoms with E-state index in [-0.39, 0.29) is 19.1 Å². The molecule has 22 heavy (non-hydrogen) atoms. The van der Waals surface area contributed by atoms with Crippen molar-refractivity contribution in [3.05, 3.63) is 0 Å². The third-order valence-corrected chi connectivity index (χ3v) is 3.47. The molecule has 0 bridgehead atoms. The quantitative estimate of drug-likeness (QED) is 0.443. The fourth-order valence-electron chi connectivity index (χ4n) is 2.12. The molecule has 0 aromatic carbocycles. The van der Waals surface area contributed by atoms with Crippen molar-refractivity contribution in [1.82, 2.24) is 20.4 Å². The molecular weight excluding hydrogens is 286 g/mol. The lowest BCUT2D eigenvalue weighted by Gasteiger charge is -2.26. The summed E-state index contributed by atoms with van der Waals surface area (Å²) in [6, 6.07) is 0. The van der Waals surface area contributed by atoms with E-state index in [1.807, 2.05) is 6.21 Å². The summed E-state index contributed by atoms with van der Waals surface area (Å²) in [5.74, 6) is -0.0646. The lowest BCUT2D eigenvalue weighted by molar-refractivity contribution is -0.132. The highest BCUT2D eigenvalue weighted by Gasteiger charge is 2.16. The van der Waals surface area contributed by atoms with Crippen LogP contribution in [0.2, 0.25) is 0 Å². The Balaban J connectivity index is 2.43. The summed E-state index contributed by atoms with van der Waals surface area (Å²) in [6.45, 7) is 5.63. The SMILES string of the molecule is CN(CC(O)CO)C(=O)CN1CCN=CCNCCNCC1. The van der Waals surface area contributed by atoms with Gasteiger partial charge in [-0.2, -0.15) is 0 Å². The Morgan fingerprint density at radius 3 is 2.91 bits per heavy atom. The number of nitrogens with zero attached hydrogens (tertiary/aromatic N) is 3. The Kier molecular flexibility index (Phi) is 9.93. The highest BCUT2D eigenvalue weighted by atomic mass is 16.3. The van der Waals surface area contributed by atoms with E-state index in [0.717, 1.165) is 39.3 Å². The summed E-state index contributed by atoms with van der Waals surface area (Å²) in [4.78, 5) is 20.0. The highest BCUT2D eigenvalue weighted by Crippen LogP contribution is 1.95. The minimum atomic E-state index is -0.890. The smallest absolute Gasteiger partial charge is 0.236 e. The van der Waals surface area contributed by atoms with Crippen molar-refractivity contribution in [3.63, 3.8) is 0 Å². The number of nitrogens with one attached hydrogen (secondary N) is 2. The van der Waals surface area contributed by atoms with Crippen LogP contribution in [0.3, 0.4) is 0 Å². The second-order valence-corrected chi connectivity index (χ2v) is 5.43. The Hall–Kier alpha value is -1.06. The molecule has 0 aromatic heterocycles. The van der Waals surface area contributed by atoms with E-state index < -0.39 is 6.10 Å². The van der Waals surface area contributed by atoms with Crippen molar-refractivity contribution in [2.45, 2.75) is 6.10 Å². The molecule has 8 nitrogen and oxygen atoms in total. The first-order valence-corrected chi connectivity index (χ1v) is 7.78. The maximum absolute atomic E-state index is 12.2. The number of rotatable bonds is 5. The zero-order valence-electron chi connectivity index (χ0n) is 13.4. The van der Waals surface area contributed by atoms with Gasteiger partial charge in [-0.05, 0) is 0 Å². The normalized spacial score (nSPS) is 20.0. The van der Waals surface area contributed by atoms with Crippen molar-refractivity contribution in [1.29, 1.82) is 0 Å². The summed E-state index contributed by atoms with van der Waals surface area (Å²) in [6.07, 6.45) is 0.977. The molecule has 0 saturated heterocycles. The van der Waals surface area contributed by atoms with Gasteiger partial charge >= 0.3 is 0 Å². The number of amides is 1. The van der Waals surface area contributed by atoms with Crippen molar-refractivity contribution in [2.24, 2.45) is 4.99 Å². The van der Waals surface area contributed by atoms with Gasteiger partial charge in [-0.1, -0.05) is 0 Å². The second-order valence-electron chi connectivity index (χ2n) is 5.43. The number of carbonyl (C=O) groups excluding carboxylic acids is 1. The number of hydrogen-bond donors (Lipinski definition) is 4. The molecule has 0 aliphatic carbocycles.